The van der Waals surface area contributed by atoms with Crippen LogP contribution in [0.3, 0.4) is 0 Å². The van der Waals surface area contributed by atoms with Crippen molar-refractivity contribution in [1.29, 1.82) is 0 Å². The summed E-state index contributed by atoms with van der Waals surface area (Å²) in [6.07, 6.45) is -0.728. The van der Waals surface area contributed by atoms with Crippen LogP contribution in [0.25, 0.3) is 16.6 Å². The quantitative estimate of drug-likeness (QED) is 0.121. The number of aryl methyl sites for hydroxylation is 1. The number of ether oxygens (including phenoxy) is 1. The SMILES string of the molecule is COc1ccc(CCN(c2nn(C)c3c(-n4c([C@H](Cc5cc(F)cc(F)c5)NC(=O)O)nc(C#CC(C)(C)S(C)(=O)=O)cc4=O)ccc(Cl)c23)[SH](=O)=O)cc1. The number of carbonyl (C=O) groups is 1. The Morgan fingerprint density at radius 2 is 1.75 bits per heavy atom. The Bertz CT molecular complexity index is 2590. The van der Waals surface area contributed by atoms with E-state index in [9.17, 15) is 40.3 Å². The van der Waals surface area contributed by atoms with Crippen LogP contribution >= 0.6 is 11.6 Å². The lowest BCUT2D eigenvalue weighted by Crippen LogP contribution is -2.35. The molecule has 0 aliphatic rings. The number of fused-ring (bicyclic) bond motifs is 1. The van der Waals surface area contributed by atoms with Gasteiger partial charge in [0.15, 0.2) is 15.7 Å². The molecule has 1 amide bonds. The highest BCUT2D eigenvalue weighted by Gasteiger charge is 2.30. The number of sulfone groups is 1. The van der Waals surface area contributed by atoms with Crippen molar-refractivity contribution in [2.75, 3.05) is 24.2 Å². The van der Waals surface area contributed by atoms with Gasteiger partial charge in [0.05, 0.1) is 34.8 Å². The Balaban J connectivity index is 1.75. The summed E-state index contributed by atoms with van der Waals surface area (Å²) in [7, 11) is -3.98. The van der Waals surface area contributed by atoms with Gasteiger partial charge in [-0.15, -0.1) is 0 Å². The number of hydrogen-bond acceptors (Lipinski definition) is 9. The average molecular weight is 817 g/mol. The maximum atomic E-state index is 14.3. The van der Waals surface area contributed by atoms with Crippen LogP contribution in [-0.4, -0.2) is 72.0 Å². The molecule has 0 saturated heterocycles. The molecular weight excluding hydrogens is 782 g/mol. The van der Waals surface area contributed by atoms with Gasteiger partial charge in [0.2, 0.25) is 10.9 Å². The van der Waals surface area contributed by atoms with Crippen molar-refractivity contribution in [2.45, 2.75) is 37.5 Å². The van der Waals surface area contributed by atoms with Gasteiger partial charge < -0.3 is 15.2 Å². The maximum absolute atomic E-state index is 14.3. The fraction of sp³-hybridized carbons (Fsp3) is 0.278. The summed E-state index contributed by atoms with van der Waals surface area (Å²) in [5.41, 5.74) is -0.0890. The fourth-order valence-electron chi connectivity index (χ4n) is 5.66. The summed E-state index contributed by atoms with van der Waals surface area (Å²) in [5.74, 6) is 3.57. The number of nitrogens with zero attached hydrogens (tertiary/aromatic N) is 5. The van der Waals surface area contributed by atoms with Crippen LogP contribution in [0.4, 0.5) is 19.4 Å². The van der Waals surface area contributed by atoms with E-state index in [1.165, 1.54) is 44.8 Å². The van der Waals surface area contributed by atoms with E-state index >= 15 is 0 Å². The average Bonchev–Trinajstić information content (AvgIpc) is 3.43. The molecule has 14 nitrogen and oxygen atoms in total. The fourth-order valence-corrected chi connectivity index (χ4v) is 6.69. The molecule has 0 radical (unpaired) electrons. The molecule has 19 heteroatoms. The Kier molecular flexibility index (Phi) is 11.9. The standard InChI is InChI=1S/C36H35ClF2N6O8S2/c1-36(2,55(5,51)52)14-12-25-20-30(46)45(33(40-25)28(41-35(47)48)18-22-16-23(38)19-24(39)17-22)29-11-10-27(37)31-32(29)43(3)42-34(31)44(54(49)50)15-13-21-6-8-26(53-4)9-7-21/h6-11,16-17,19-20,28,41,54H,13,15,18H2,1-5H3,(H,47,48)/t28-/m0/s1. The lowest BCUT2D eigenvalue weighted by molar-refractivity contribution is 0.189. The molecule has 55 heavy (non-hydrogen) atoms. The molecule has 0 fully saturated rings. The van der Waals surface area contributed by atoms with Crippen LogP contribution in [0.2, 0.25) is 5.02 Å². The molecule has 290 valence electrons. The number of aromatic nitrogens is 4. The third kappa shape index (κ3) is 9.07. The highest BCUT2D eigenvalue weighted by atomic mass is 35.5. The molecule has 0 saturated carbocycles. The van der Waals surface area contributed by atoms with Gasteiger partial charge in [0.1, 0.15) is 33.6 Å². The van der Waals surface area contributed by atoms with Crippen LogP contribution < -0.4 is 19.9 Å². The predicted octanol–water partition coefficient (Wildman–Crippen LogP) is 4.36. The molecule has 0 unspecified atom stereocenters. The topological polar surface area (TPSA) is 183 Å². The zero-order valence-corrected chi connectivity index (χ0v) is 32.5. The van der Waals surface area contributed by atoms with E-state index in [1.807, 2.05) is 0 Å². The number of nitrogens with one attached hydrogen (secondary N) is 1. The van der Waals surface area contributed by atoms with Crippen LogP contribution in [0.15, 0.2) is 65.5 Å². The molecular formula is C36H35ClF2N6O8S2. The summed E-state index contributed by atoms with van der Waals surface area (Å²) < 4.78 is 85.7. The number of benzene rings is 3. The Morgan fingerprint density at radius 1 is 1.09 bits per heavy atom. The van der Waals surface area contributed by atoms with Crippen LogP contribution in [0, 0.1) is 23.5 Å². The van der Waals surface area contributed by atoms with Gasteiger partial charge in [0, 0.05) is 38.4 Å². The van der Waals surface area contributed by atoms with E-state index in [2.05, 4.69) is 27.2 Å². The van der Waals surface area contributed by atoms with E-state index < -0.39 is 61.2 Å². The van der Waals surface area contributed by atoms with E-state index in [4.69, 9.17) is 16.3 Å². The zero-order chi connectivity index (χ0) is 40.4. The van der Waals surface area contributed by atoms with Crippen molar-refractivity contribution in [1.82, 2.24) is 24.6 Å². The molecule has 0 aliphatic heterocycles. The first kappa shape index (κ1) is 40.7. The number of halogens is 3. The van der Waals surface area contributed by atoms with Gasteiger partial charge in [-0.25, -0.2) is 35.4 Å². The molecule has 1 atom stereocenters. The van der Waals surface area contributed by atoms with Crippen molar-refractivity contribution in [3.63, 3.8) is 0 Å². The normalized spacial score (nSPS) is 12.3. The van der Waals surface area contributed by atoms with Crippen molar-refractivity contribution in [3.8, 4) is 23.3 Å². The number of carboxylic acid groups (broad SMARTS) is 1. The van der Waals surface area contributed by atoms with Gasteiger partial charge in [-0.1, -0.05) is 29.7 Å². The molecule has 5 rings (SSSR count). The summed E-state index contributed by atoms with van der Waals surface area (Å²) >= 11 is 6.71. The molecule has 0 bridgehead atoms. The van der Waals surface area contributed by atoms with Crippen molar-refractivity contribution >= 4 is 55.1 Å². The molecule has 2 heterocycles. The number of amides is 1. The zero-order valence-electron chi connectivity index (χ0n) is 30.0. The minimum Gasteiger partial charge on any atom is -0.497 e. The molecule has 3 aromatic carbocycles. The number of thiol groups is 1. The number of methoxy groups -OCH3 is 1. The Hall–Kier alpha value is -5.51. The molecule has 2 aromatic heterocycles. The second-order valence-corrected chi connectivity index (χ2v) is 16.8. The minimum atomic E-state index is -3.71. The second-order valence-electron chi connectivity index (χ2n) is 12.9. The summed E-state index contributed by atoms with van der Waals surface area (Å²) in [4.78, 5) is 30.9. The first-order valence-electron chi connectivity index (χ1n) is 16.3. The second kappa shape index (κ2) is 16.1. The molecule has 5 aromatic rings. The summed E-state index contributed by atoms with van der Waals surface area (Å²) in [6, 6.07) is 12.0. The van der Waals surface area contributed by atoms with E-state index in [0.717, 1.165) is 38.9 Å². The van der Waals surface area contributed by atoms with Crippen molar-refractivity contribution in [2.24, 2.45) is 7.05 Å². The number of anilines is 1. The number of rotatable bonds is 12. The first-order chi connectivity index (χ1) is 25.8. The van der Waals surface area contributed by atoms with E-state index in [-0.39, 0.29) is 57.5 Å². The van der Waals surface area contributed by atoms with Gasteiger partial charge in [-0.3, -0.25) is 18.3 Å². The Labute approximate surface area is 321 Å². The first-order valence-corrected chi connectivity index (χ1v) is 19.7. The monoisotopic (exact) mass is 816 g/mol. The summed E-state index contributed by atoms with van der Waals surface area (Å²) in [5, 5.41) is 16.8. The van der Waals surface area contributed by atoms with Gasteiger partial charge in [-0.05, 0) is 73.7 Å². The largest absolute Gasteiger partial charge is 0.497 e. The predicted molar refractivity (Wildman–Crippen MR) is 203 cm³/mol. The van der Waals surface area contributed by atoms with Crippen LogP contribution in [0.1, 0.15) is 42.5 Å². The lowest BCUT2D eigenvalue weighted by Gasteiger charge is -2.22. The smallest absolute Gasteiger partial charge is 0.405 e. The highest BCUT2D eigenvalue weighted by molar-refractivity contribution is 7.92. The Morgan fingerprint density at radius 3 is 2.33 bits per heavy atom. The molecule has 0 aliphatic carbocycles. The number of hydrogen-bond donors (Lipinski definition) is 3. The minimum absolute atomic E-state index is 0.00238. The lowest BCUT2D eigenvalue weighted by atomic mass is 10.0. The van der Waals surface area contributed by atoms with Gasteiger partial charge in [0.25, 0.3) is 5.56 Å². The molecule has 0 spiro atoms. The van der Waals surface area contributed by atoms with Gasteiger partial charge in [-0.2, -0.15) is 5.10 Å². The van der Waals surface area contributed by atoms with Crippen molar-refractivity contribution in [3.05, 3.63) is 110 Å². The summed E-state index contributed by atoms with van der Waals surface area (Å²) in [6.45, 7) is 2.66. The van der Waals surface area contributed by atoms with Crippen molar-refractivity contribution < 1.29 is 40.3 Å². The van der Waals surface area contributed by atoms with E-state index in [1.54, 1.807) is 24.3 Å². The van der Waals surface area contributed by atoms with Crippen LogP contribution in [-0.2, 0) is 40.6 Å². The molecule has 2 N–H and O–H groups in total. The van der Waals surface area contributed by atoms with E-state index in [0.29, 0.717) is 11.8 Å². The third-order valence-electron chi connectivity index (χ3n) is 8.69. The van der Waals surface area contributed by atoms with Gasteiger partial charge >= 0.3 is 6.09 Å². The highest BCUT2D eigenvalue weighted by Crippen LogP contribution is 2.37. The third-order valence-corrected chi connectivity index (χ3v) is 11.7. The maximum Gasteiger partial charge on any atom is 0.405 e. The van der Waals surface area contributed by atoms with Crippen LogP contribution in [0.5, 0.6) is 5.75 Å².